The van der Waals surface area contributed by atoms with Crippen molar-refractivity contribution in [2.75, 3.05) is 25.6 Å². The number of methoxy groups -OCH3 is 1. The van der Waals surface area contributed by atoms with Crippen molar-refractivity contribution in [2.24, 2.45) is 0 Å². The first-order valence-corrected chi connectivity index (χ1v) is 9.43. The van der Waals surface area contributed by atoms with Crippen molar-refractivity contribution in [1.82, 2.24) is 20.0 Å². The fraction of sp³-hybridized carbons (Fsp3) is 0.350. The molecule has 1 aromatic heterocycles. The summed E-state index contributed by atoms with van der Waals surface area (Å²) in [4.78, 5) is 37.6. The van der Waals surface area contributed by atoms with Crippen LogP contribution in [0.1, 0.15) is 42.4 Å². The summed E-state index contributed by atoms with van der Waals surface area (Å²) >= 11 is 0. The van der Waals surface area contributed by atoms with Crippen molar-refractivity contribution in [3.8, 4) is 17.3 Å². The first-order chi connectivity index (χ1) is 14.4. The van der Waals surface area contributed by atoms with Gasteiger partial charge in [-0.25, -0.2) is 4.79 Å². The Hall–Kier alpha value is -3.87. The van der Waals surface area contributed by atoms with Crippen molar-refractivity contribution in [3.63, 3.8) is 0 Å². The van der Waals surface area contributed by atoms with Crippen LogP contribution in [-0.4, -0.2) is 52.9 Å². The molecule has 0 saturated heterocycles. The molecular formula is C20H22N6O4. The number of aromatic nitrogens is 2. The van der Waals surface area contributed by atoms with E-state index < -0.39 is 6.09 Å². The molecule has 0 bridgehead atoms. The lowest BCUT2D eigenvalue weighted by Gasteiger charge is -2.31. The normalized spacial score (nSPS) is 15.2. The SMILES string of the molecule is CCC(=O)Nc1cc(C#N)ccc1-c1cc2n(n1)[C@@H](C)CN(CNC(=O)OC)C2=O. The van der Waals surface area contributed by atoms with Crippen LogP contribution in [0.3, 0.4) is 0 Å². The summed E-state index contributed by atoms with van der Waals surface area (Å²) < 4.78 is 6.18. The number of nitrogens with one attached hydrogen (secondary N) is 2. The number of nitriles is 1. The Kier molecular flexibility index (Phi) is 6.01. The zero-order chi connectivity index (χ0) is 21.8. The minimum atomic E-state index is -0.621. The molecule has 2 aromatic rings. The van der Waals surface area contributed by atoms with E-state index in [1.165, 1.54) is 12.0 Å². The molecule has 2 heterocycles. The van der Waals surface area contributed by atoms with Crippen LogP contribution in [-0.2, 0) is 9.53 Å². The summed E-state index contributed by atoms with van der Waals surface area (Å²) in [7, 11) is 1.25. The van der Waals surface area contributed by atoms with Gasteiger partial charge in [-0.05, 0) is 31.2 Å². The van der Waals surface area contributed by atoms with E-state index in [-0.39, 0.29) is 30.9 Å². The average molecular weight is 410 g/mol. The molecule has 0 saturated carbocycles. The van der Waals surface area contributed by atoms with E-state index in [4.69, 9.17) is 0 Å². The number of carbonyl (C=O) groups excluding carboxylic acids is 3. The summed E-state index contributed by atoms with van der Waals surface area (Å²) in [5.74, 6) is -0.476. The largest absolute Gasteiger partial charge is 0.453 e. The fourth-order valence-electron chi connectivity index (χ4n) is 3.21. The Morgan fingerprint density at radius 3 is 2.80 bits per heavy atom. The highest BCUT2D eigenvalue weighted by molar-refractivity contribution is 5.97. The van der Waals surface area contributed by atoms with Gasteiger partial charge in [0.05, 0.1) is 42.8 Å². The molecule has 2 N–H and O–H groups in total. The van der Waals surface area contributed by atoms with Gasteiger partial charge >= 0.3 is 6.09 Å². The molecule has 156 valence electrons. The van der Waals surface area contributed by atoms with Gasteiger partial charge in [-0.2, -0.15) is 10.4 Å². The zero-order valence-electron chi connectivity index (χ0n) is 16.9. The third-order valence-electron chi connectivity index (χ3n) is 4.76. The molecule has 10 heteroatoms. The highest BCUT2D eigenvalue weighted by atomic mass is 16.5. The lowest BCUT2D eigenvalue weighted by Crippen LogP contribution is -2.47. The molecule has 3 rings (SSSR count). The monoisotopic (exact) mass is 410 g/mol. The number of benzene rings is 1. The molecule has 0 aliphatic carbocycles. The molecule has 1 aromatic carbocycles. The van der Waals surface area contributed by atoms with E-state index >= 15 is 0 Å². The number of amides is 3. The second-order valence-electron chi connectivity index (χ2n) is 6.84. The molecule has 1 atom stereocenters. The molecule has 3 amide bonds. The summed E-state index contributed by atoms with van der Waals surface area (Å²) in [5.41, 5.74) is 2.34. The molecule has 0 fully saturated rings. The highest BCUT2D eigenvalue weighted by Crippen LogP contribution is 2.31. The van der Waals surface area contributed by atoms with Gasteiger partial charge < -0.3 is 20.3 Å². The number of hydrogen-bond acceptors (Lipinski definition) is 6. The minimum Gasteiger partial charge on any atom is -0.453 e. The number of ether oxygens (including phenoxy) is 1. The molecular weight excluding hydrogens is 388 g/mol. The summed E-state index contributed by atoms with van der Waals surface area (Å²) in [6, 6.07) is 8.48. The number of hydrogen-bond donors (Lipinski definition) is 2. The van der Waals surface area contributed by atoms with Crippen LogP contribution in [0.25, 0.3) is 11.3 Å². The fourth-order valence-corrected chi connectivity index (χ4v) is 3.21. The van der Waals surface area contributed by atoms with E-state index in [9.17, 15) is 19.6 Å². The maximum atomic E-state index is 12.9. The Labute approximate surface area is 173 Å². The number of rotatable bonds is 5. The van der Waals surface area contributed by atoms with E-state index in [0.29, 0.717) is 34.7 Å². The van der Waals surface area contributed by atoms with E-state index in [2.05, 4.69) is 26.5 Å². The van der Waals surface area contributed by atoms with Gasteiger partial charge in [0.25, 0.3) is 5.91 Å². The molecule has 0 unspecified atom stereocenters. The lowest BCUT2D eigenvalue weighted by molar-refractivity contribution is -0.115. The standard InChI is InChI=1S/C20H22N6O4/c1-4-18(27)23-15-7-13(9-21)5-6-14(15)16-8-17-19(28)25(11-22-20(29)30-3)10-12(2)26(17)24-16/h5-8,12H,4,10-11H2,1-3H3,(H,22,29)(H,23,27)/t12-/m0/s1. The third-order valence-corrected chi connectivity index (χ3v) is 4.76. The van der Waals surface area contributed by atoms with Crippen LogP contribution in [0.4, 0.5) is 10.5 Å². The van der Waals surface area contributed by atoms with Crippen molar-refractivity contribution in [3.05, 3.63) is 35.5 Å². The number of nitrogens with zero attached hydrogens (tertiary/aromatic N) is 4. The Balaban J connectivity index is 1.95. The van der Waals surface area contributed by atoms with Gasteiger partial charge in [-0.3, -0.25) is 14.3 Å². The van der Waals surface area contributed by atoms with Crippen LogP contribution in [0.2, 0.25) is 0 Å². The average Bonchev–Trinajstić information content (AvgIpc) is 3.20. The first kappa shape index (κ1) is 20.9. The second-order valence-corrected chi connectivity index (χ2v) is 6.84. The van der Waals surface area contributed by atoms with Crippen molar-refractivity contribution in [2.45, 2.75) is 26.3 Å². The van der Waals surface area contributed by atoms with Crippen LogP contribution >= 0.6 is 0 Å². The maximum Gasteiger partial charge on any atom is 0.408 e. The molecule has 1 aliphatic heterocycles. The minimum absolute atomic E-state index is 0.0189. The van der Waals surface area contributed by atoms with Crippen molar-refractivity contribution >= 4 is 23.6 Å². The Morgan fingerprint density at radius 2 is 2.13 bits per heavy atom. The van der Waals surface area contributed by atoms with E-state index in [1.807, 2.05) is 6.92 Å². The number of alkyl carbamates (subject to hydrolysis) is 1. The van der Waals surface area contributed by atoms with Crippen LogP contribution in [0, 0.1) is 11.3 Å². The maximum absolute atomic E-state index is 12.9. The number of fused-ring (bicyclic) bond motifs is 1. The highest BCUT2D eigenvalue weighted by Gasteiger charge is 2.31. The molecule has 30 heavy (non-hydrogen) atoms. The third kappa shape index (κ3) is 4.10. The quantitative estimate of drug-likeness (QED) is 0.776. The van der Waals surface area contributed by atoms with Gasteiger partial charge in [0.15, 0.2) is 0 Å². The summed E-state index contributed by atoms with van der Waals surface area (Å²) in [5, 5.41) is 19.0. The van der Waals surface area contributed by atoms with Crippen molar-refractivity contribution < 1.29 is 19.1 Å². The molecule has 1 aliphatic rings. The first-order valence-electron chi connectivity index (χ1n) is 9.43. The number of anilines is 1. The van der Waals surface area contributed by atoms with Crippen LogP contribution < -0.4 is 10.6 Å². The molecule has 0 spiro atoms. The Bertz CT molecular complexity index is 1040. The zero-order valence-corrected chi connectivity index (χ0v) is 16.9. The molecule has 0 radical (unpaired) electrons. The van der Waals surface area contributed by atoms with Crippen LogP contribution in [0.15, 0.2) is 24.3 Å². The lowest BCUT2D eigenvalue weighted by atomic mass is 10.1. The van der Waals surface area contributed by atoms with Gasteiger partial charge in [0.2, 0.25) is 5.91 Å². The van der Waals surface area contributed by atoms with Crippen LogP contribution in [0.5, 0.6) is 0 Å². The predicted octanol–water partition coefficient (Wildman–Crippen LogP) is 2.10. The topological polar surface area (TPSA) is 129 Å². The summed E-state index contributed by atoms with van der Waals surface area (Å²) in [6.07, 6.45) is -0.336. The van der Waals surface area contributed by atoms with Gasteiger partial charge in [-0.15, -0.1) is 0 Å². The Morgan fingerprint density at radius 1 is 1.37 bits per heavy atom. The van der Waals surface area contributed by atoms with Crippen molar-refractivity contribution in [1.29, 1.82) is 5.26 Å². The number of carbonyl (C=O) groups is 3. The van der Waals surface area contributed by atoms with E-state index in [1.54, 1.807) is 35.9 Å². The predicted molar refractivity (Wildman–Crippen MR) is 107 cm³/mol. The van der Waals surface area contributed by atoms with Gasteiger partial charge in [0.1, 0.15) is 5.69 Å². The second kappa shape index (κ2) is 8.65. The molecule has 10 nitrogen and oxygen atoms in total. The smallest absolute Gasteiger partial charge is 0.408 e. The summed E-state index contributed by atoms with van der Waals surface area (Å²) in [6.45, 7) is 4.03. The van der Waals surface area contributed by atoms with E-state index in [0.717, 1.165) is 0 Å². The van der Waals surface area contributed by atoms with Gasteiger partial charge in [0, 0.05) is 18.5 Å². The van der Waals surface area contributed by atoms with Gasteiger partial charge in [-0.1, -0.05) is 6.92 Å².